The molecule has 0 aliphatic rings. The molecule has 288 valence electrons. The first-order valence-electron chi connectivity index (χ1n) is 19.8. The minimum Gasteiger partial charge on any atom is -0.310 e. The van der Waals surface area contributed by atoms with Crippen molar-refractivity contribution in [3.8, 4) is 72.4 Å². The van der Waals surface area contributed by atoms with E-state index >= 15 is 8.78 Å². The maximum Gasteiger partial charge on any atom is 0.194 e. The molecule has 0 saturated heterocycles. The third-order valence-electron chi connectivity index (χ3n) is 10.9. The third-order valence-corrected chi connectivity index (χ3v) is 10.9. The minimum atomic E-state index is -1.51. The Hall–Kier alpha value is -7.17. The van der Waals surface area contributed by atoms with Gasteiger partial charge in [0.1, 0.15) is 0 Å². The SMILES string of the molecule is C=Cc1c(CC)c(/C=C\C)n(-c2ccc(-c3c(-c4ccccc4)c(-c4ccccc4)c(-c4ccccc4)c(-c4ccccc4)c3-c3cc(F)c(F)c(F)c3)cc2)c1C=C. The minimum absolute atomic E-state index is 0.214. The standard InChI is InChI=1S/C55H42F3N/c1-5-21-48-44(7-3)43(6-2)47(8-4)59(48)42-32-30-40(31-33-42)53-51(38-26-17-11-18-27-38)49(36-22-13-9-14-23-36)50(37-24-15-10-16-25-37)52(39-28-19-12-20-29-39)54(53)41-34-45(56)55(58)46(57)35-41/h5-6,8-35H,2,4,7H2,1,3H3/b21-5-. The van der Waals surface area contributed by atoms with Crippen molar-refractivity contribution in [3.63, 3.8) is 0 Å². The summed E-state index contributed by atoms with van der Waals surface area (Å²) in [5.74, 6) is -4.04. The van der Waals surface area contributed by atoms with Gasteiger partial charge in [0.05, 0.1) is 5.69 Å². The summed E-state index contributed by atoms with van der Waals surface area (Å²) in [7, 11) is 0. The fourth-order valence-electron chi connectivity index (χ4n) is 8.47. The summed E-state index contributed by atoms with van der Waals surface area (Å²) in [5, 5.41) is 0. The van der Waals surface area contributed by atoms with Crippen molar-refractivity contribution in [1.82, 2.24) is 4.57 Å². The molecule has 0 radical (unpaired) electrons. The topological polar surface area (TPSA) is 4.93 Å². The van der Waals surface area contributed by atoms with Crippen LogP contribution in [0, 0.1) is 17.5 Å². The highest BCUT2D eigenvalue weighted by Crippen LogP contribution is 2.56. The number of halogens is 3. The van der Waals surface area contributed by atoms with E-state index in [4.69, 9.17) is 0 Å². The molecule has 0 amide bonds. The molecule has 1 aromatic heterocycles. The summed E-state index contributed by atoms with van der Waals surface area (Å²) in [6.07, 6.45) is 8.69. The Morgan fingerprint density at radius 2 is 0.847 bits per heavy atom. The smallest absolute Gasteiger partial charge is 0.194 e. The lowest BCUT2D eigenvalue weighted by Crippen LogP contribution is -2.04. The van der Waals surface area contributed by atoms with E-state index in [1.807, 2.05) is 110 Å². The van der Waals surface area contributed by atoms with Crippen molar-refractivity contribution in [3.05, 3.63) is 217 Å². The van der Waals surface area contributed by atoms with Gasteiger partial charge in [-0.1, -0.05) is 166 Å². The van der Waals surface area contributed by atoms with Crippen LogP contribution in [-0.4, -0.2) is 4.57 Å². The van der Waals surface area contributed by atoms with Crippen molar-refractivity contribution in [1.29, 1.82) is 0 Å². The molecule has 1 nitrogen and oxygen atoms in total. The van der Waals surface area contributed by atoms with Gasteiger partial charge in [-0.15, -0.1) is 0 Å². The Morgan fingerprint density at radius 3 is 1.19 bits per heavy atom. The molecule has 8 aromatic rings. The van der Waals surface area contributed by atoms with E-state index in [0.717, 1.165) is 96.8 Å². The number of hydrogen-bond donors (Lipinski definition) is 0. The maximum absolute atomic E-state index is 15.7. The number of aromatic nitrogens is 1. The van der Waals surface area contributed by atoms with Gasteiger partial charge in [0.25, 0.3) is 0 Å². The van der Waals surface area contributed by atoms with E-state index in [0.29, 0.717) is 5.56 Å². The number of allylic oxidation sites excluding steroid dienone is 1. The molecule has 0 spiro atoms. The molecule has 0 N–H and O–H groups in total. The summed E-state index contributed by atoms with van der Waals surface area (Å²) in [4.78, 5) is 0. The predicted octanol–water partition coefficient (Wildman–Crippen LogP) is 15.8. The second-order valence-electron chi connectivity index (χ2n) is 14.3. The monoisotopic (exact) mass is 773 g/mol. The summed E-state index contributed by atoms with van der Waals surface area (Å²) >= 11 is 0. The van der Waals surface area contributed by atoms with Crippen molar-refractivity contribution in [2.75, 3.05) is 0 Å². The summed E-state index contributed by atoms with van der Waals surface area (Å²) in [5.41, 5.74) is 14.5. The number of nitrogens with zero attached hydrogens (tertiary/aromatic N) is 1. The molecule has 0 bridgehead atoms. The Balaban J connectivity index is 1.60. The second kappa shape index (κ2) is 16.7. The molecule has 0 aliphatic carbocycles. The third kappa shape index (κ3) is 6.97. The van der Waals surface area contributed by atoms with E-state index in [9.17, 15) is 4.39 Å². The van der Waals surface area contributed by atoms with Gasteiger partial charge in [0.15, 0.2) is 17.5 Å². The molecule has 1 heterocycles. The van der Waals surface area contributed by atoms with Gasteiger partial charge in [-0.25, -0.2) is 13.2 Å². The predicted molar refractivity (Wildman–Crippen MR) is 243 cm³/mol. The van der Waals surface area contributed by atoms with Gasteiger partial charge in [-0.3, -0.25) is 0 Å². The van der Waals surface area contributed by atoms with E-state index in [1.165, 1.54) is 5.56 Å². The largest absolute Gasteiger partial charge is 0.310 e. The highest BCUT2D eigenvalue weighted by molar-refractivity contribution is 6.15. The molecule has 0 aliphatic heterocycles. The van der Waals surface area contributed by atoms with Crippen LogP contribution in [0.5, 0.6) is 0 Å². The van der Waals surface area contributed by atoms with Crippen LogP contribution in [0.25, 0.3) is 90.7 Å². The lowest BCUT2D eigenvalue weighted by atomic mass is 9.74. The normalized spacial score (nSPS) is 11.3. The van der Waals surface area contributed by atoms with Crippen LogP contribution in [0.2, 0.25) is 0 Å². The van der Waals surface area contributed by atoms with Crippen molar-refractivity contribution in [2.24, 2.45) is 0 Å². The van der Waals surface area contributed by atoms with Gasteiger partial charge in [-0.05, 0) is 122 Å². The average molecular weight is 774 g/mol. The van der Waals surface area contributed by atoms with E-state index in [2.05, 4.69) is 91.4 Å². The molecule has 0 unspecified atom stereocenters. The van der Waals surface area contributed by atoms with E-state index in [-0.39, 0.29) is 5.56 Å². The van der Waals surface area contributed by atoms with Crippen LogP contribution in [-0.2, 0) is 6.42 Å². The molecule has 0 atom stereocenters. The molecule has 0 saturated carbocycles. The Kier molecular flexibility index (Phi) is 11.0. The molecule has 8 rings (SSSR count). The zero-order chi connectivity index (χ0) is 41.0. The first-order chi connectivity index (χ1) is 28.9. The second-order valence-corrected chi connectivity index (χ2v) is 14.3. The van der Waals surface area contributed by atoms with Crippen LogP contribution < -0.4 is 0 Å². The lowest BCUT2D eigenvalue weighted by molar-refractivity contribution is 0.448. The highest BCUT2D eigenvalue weighted by Gasteiger charge is 2.30. The summed E-state index contributed by atoms with van der Waals surface area (Å²) in [6, 6.07) is 50.8. The number of rotatable bonds is 11. The van der Waals surface area contributed by atoms with Crippen LogP contribution >= 0.6 is 0 Å². The number of hydrogen-bond acceptors (Lipinski definition) is 0. The Bertz CT molecular complexity index is 2810. The van der Waals surface area contributed by atoms with Crippen molar-refractivity contribution in [2.45, 2.75) is 20.3 Å². The quantitative estimate of drug-likeness (QED) is 0.115. The zero-order valence-electron chi connectivity index (χ0n) is 33.0. The molecular weight excluding hydrogens is 732 g/mol. The van der Waals surface area contributed by atoms with Crippen molar-refractivity contribution < 1.29 is 13.2 Å². The van der Waals surface area contributed by atoms with Crippen LogP contribution in [0.4, 0.5) is 13.2 Å². The van der Waals surface area contributed by atoms with E-state index in [1.54, 1.807) is 0 Å². The molecular formula is C55H42F3N. The van der Waals surface area contributed by atoms with Gasteiger partial charge >= 0.3 is 0 Å². The molecule has 0 fully saturated rings. The number of benzene rings is 7. The Morgan fingerprint density at radius 1 is 0.475 bits per heavy atom. The summed E-state index contributed by atoms with van der Waals surface area (Å²) < 4.78 is 48.4. The Labute approximate surface area is 344 Å². The molecule has 7 aromatic carbocycles. The van der Waals surface area contributed by atoms with Gasteiger partial charge < -0.3 is 4.57 Å². The van der Waals surface area contributed by atoms with Gasteiger partial charge in [0, 0.05) is 16.9 Å². The average Bonchev–Trinajstić information content (AvgIpc) is 3.60. The van der Waals surface area contributed by atoms with Crippen LogP contribution in [0.15, 0.2) is 177 Å². The summed E-state index contributed by atoms with van der Waals surface area (Å²) in [6.45, 7) is 12.5. The lowest BCUT2D eigenvalue weighted by Gasteiger charge is -2.29. The first kappa shape index (κ1) is 38.7. The van der Waals surface area contributed by atoms with Crippen molar-refractivity contribution >= 4 is 18.2 Å². The van der Waals surface area contributed by atoms with E-state index < -0.39 is 17.5 Å². The van der Waals surface area contributed by atoms with Crippen LogP contribution in [0.3, 0.4) is 0 Å². The fourth-order valence-corrected chi connectivity index (χ4v) is 8.47. The molecule has 4 heteroatoms. The molecule has 59 heavy (non-hydrogen) atoms. The first-order valence-corrected chi connectivity index (χ1v) is 19.8. The highest BCUT2D eigenvalue weighted by atomic mass is 19.2. The van der Waals surface area contributed by atoms with Gasteiger partial charge in [-0.2, -0.15) is 0 Å². The maximum atomic E-state index is 15.7. The zero-order valence-corrected chi connectivity index (χ0v) is 33.0. The van der Waals surface area contributed by atoms with Crippen LogP contribution in [0.1, 0.15) is 36.4 Å². The van der Waals surface area contributed by atoms with Gasteiger partial charge in [0.2, 0.25) is 0 Å². The fraction of sp³-hybridized carbons (Fsp3) is 0.0545.